The van der Waals surface area contributed by atoms with E-state index in [1.165, 1.54) is 0 Å². The van der Waals surface area contributed by atoms with Gasteiger partial charge in [0.2, 0.25) is 0 Å². The van der Waals surface area contributed by atoms with Crippen molar-refractivity contribution in [3.05, 3.63) is 12.7 Å². The molecule has 70 valence electrons. The Hall–Kier alpha value is -0.0900. The Bertz CT molecular complexity index is 137. The lowest BCUT2D eigenvalue weighted by Crippen LogP contribution is -2.04. The Morgan fingerprint density at radius 1 is 1.58 bits per heavy atom. The molecule has 0 bridgehead atoms. The predicted octanol–water partition coefficient (Wildman–Crippen LogP) is 2.51. The highest BCUT2D eigenvalue weighted by atomic mass is 33.1. The normalized spacial score (nSPS) is 9.42. The predicted molar refractivity (Wildman–Crippen MR) is 56.4 cm³/mol. The van der Waals surface area contributed by atoms with Crippen LogP contribution in [-0.2, 0) is 9.53 Å². The molecule has 0 amide bonds. The molecule has 0 aliphatic heterocycles. The molecule has 0 heterocycles. The minimum absolute atomic E-state index is 0.107. The quantitative estimate of drug-likeness (QED) is 0.277. The minimum atomic E-state index is -0.107. The number of carbonyl (C=O) groups is 1. The second kappa shape index (κ2) is 9.00. The fraction of sp³-hybridized carbons (Fsp3) is 0.625. The summed E-state index contributed by atoms with van der Waals surface area (Å²) in [7, 11) is 3.38. The van der Waals surface area contributed by atoms with Crippen molar-refractivity contribution in [2.24, 2.45) is 0 Å². The molecule has 0 fully saturated rings. The van der Waals surface area contributed by atoms with Gasteiger partial charge in [-0.25, -0.2) is 0 Å². The third-order valence-electron chi connectivity index (χ3n) is 0.964. The van der Waals surface area contributed by atoms with Crippen LogP contribution in [0.1, 0.15) is 13.3 Å². The van der Waals surface area contributed by atoms with Crippen LogP contribution < -0.4 is 0 Å². The van der Waals surface area contributed by atoms with E-state index < -0.39 is 0 Å². The van der Waals surface area contributed by atoms with Crippen LogP contribution in [0.25, 0.3) is 0 Å². The van der Waals surface area contributed by atoms with Crippen LogP contribution in [0.5, 0.6) is 0 Å². The van der Waals surface area contributed by atoms with E-state index in [1.807, 2.05) is 13.0 Å². The summed E-state index contributed by atoms with van der Waals surface area (Å²) in [4.78, 5) is 10.8. The summed E-state index contributed by atoms with van der Waals surface area (Å²) < 4.78 is 4.77. The van der Waals surface area contributed by atoms with Crippen molar-refractivity contribution in [1.29, 1.82) is 0 Å². The Balaban J connectivity index is 3.08. The second-order valence-corrected chi connectivity index (χ2v) is 4.58. The van der Waals surface area contributed by atoms with Gasteiger partial charge in [-0.3, -0.25) is 4.79 Å². The fourth-order valence-electron chi connectivity index (χ4n) is 0.513. The molecule has 0 radical (unpaired) electrons. The van der Waals surface area contributed by atoms with Crippen LogP contribution in [0.2, 0.25) is 0 Å². The molecule has 0 atom stereocenters. The molecular formula is C8H14O2S2. The molecular weight excluding hydrogens is 192 g/mol. The van der Waals surface area contributed by atoms with E-state index in [-0.39, 0.29) is 5.97 Å². The van der Waals surface area contributed by atoms with Gasteiger partial charge in [0.1, 0.15) is 0 Å². The minimum Gasteiger partial charge on any atom is -0.466 e. The van der Waals surface area contributed by atoms with Crippen molar-refractivity contribution < 1.29 is 9.53 Å². The molecule has 0 aliphatic carbocycles. The lowest BCUT2D eigenvalue weighted by Gasteiger charge is -1.99. The molecule has 2 nitrogen and oxygen atoms in total. The first-order valence-electron chi connectivity index (χ1n) is 3.82. The largest absolute Gasteiger partial charge is 0.466 e. The Morgan fingerprint density at radius 3 is 2.92 bits per heavy atom. The Labute approximate surface area is 81.5 Å². The lowest BCUT2D eigenvalue weighted by molar-refractivity contribution is -0.142. The SMILES string of the molecule is C=CCSSCCC(=O)OCC. The fourth-order valence-corrected chi connectivity index (χ4v) is 2.25. The molecule has 0 aromatic carbocycles. The maximum atomic E-state index is 10.8. The highest BCUT2D eigenvalue weighted by molar-refractivity contribution is 8.76. The number of ether oxygens (including phenoxy) is 1. The average molecular weight is 206 g/mol. The van der Waals surface area contributed by atoms with Gasteiger partial charge in [-0.1, -0.05) is 27.7 Å². The van der Waals surface area contributed by atoms with Crippen LogP contribution >= 0.6 is 21.6 Å². The third-order valence-corrected chi connectivity index (χ3v) is 3.28. The van der Waals surface area contributed by atoms with Crippen LogP contribution in [-0.4, -0.2) is 24.1 Å². The summed E-state index contributed by atoms with van der Waals surface area (Å²) in [6, 6.07) is 0. The van der Waals surface area contributed by atoms with Crippen LogP contribution in [0, 0.1) is 0 Å². The van der Waals surface area contributed by atoms with Crippen molar-refractivity contribution in [2.45, 2.75) is 13.3 Å². The summed E-state index contributed by atoms with van der Waals surface area (Å²) in [5.41, 5.74) is 0. The monoisotopic (exact) mass is 206 g/mol. The van der Waals surface area contributed by atoms with Gasteiger partial charge < -0.3 is 4.74 Å². The van der Waals surface area contributed by atoms with Crippen LogP contribution in [0.4, 0.5) is 0 Å². The molecule has 0 saturated heterocycles. The molecule has 4 heteroatoms. The van der Waals surface area contributed by atoms with Crippen molar-refractivity contribution in [3.8, 4) is 0 Å². The van der Waals surface area contributed by atoms with Crippen molar-refractivity contribution in [2.75, 3.05) is 18.1 Å². The highest BCUT2D eigenvalue weighted by Gasteiger charge is 2.00. The molecule has 0 unspecified atom stereocenters. The van der Waals surface area contributed by atoms with E-state index >= 15 is 0 Å². The zero-order valence-electron chi connectivity index (χ0n) is 7.25. The maximum absolute atomic E-state index is 10.8. The van der Waals surface area contributed by atoms with E-state index in [0.717, 1.165) is 11.5 Å². The maximum Gasteiger partial charge on any atom is 0.306 e. The second-order valence-electron chi connectivity index (χ2n) is 1.95. The van der Waals surface area contributed by atoms with Crippen molar-refractivity contribution in [3.63, 3.8) is 0 Å². The first-order chi connectivity index (χ1) is 5.81. The molecule has 0 saturated carbocycles. The smallest absolute Gasteiger partial charge is 0.306 e. The van der Waals surface area contributed by atoms with Gasteiger partial charge in [0.25, 0.3) is 0 Å². The van der Waals surface area contributed by atoms with Gasteiger partial charge in [0.05, 0.1) is 13.0 Å². The van der Waals surface area contributed by atoms with Gasteiger partial charge in [-0.15, -0.1) is 6.58 Å². The molecule has 0 rings (SSSR count). The first-order valence-corrected chi connectivity index (χ1v) is 6.31. The van der Waals surface area contributed by atoms with E-state index in [2.05, 4.69) is 6.58 Å². The summed E-state index contributed by atoms with van der Waals surface area (Å²) in [5, 5.41) is 0. The Kier molecular flexibility index (Phi) is 8.93. The molecule has 0 aliphatic rings. The molecule has 0 aromatic heterocycles. The van der Waals surface area contributed by atoms with Crippen molar-refractivity contribution >= 4 is 27.6 Å². The Morgan fingerprint density at radius 2 is 2.33 bits per heavy atom. The summed E-state index contributed by atoms with van der Waals surface area (Å²) in [5.74, 6) is 1.63. The third kappa shape index (κ3) is 8.01. The zero-order chi connectivity index (χ0) is 9.23. The lowest BCUT2D eigenvalue weighted by atomic mass is 10.5. The summed E-state index contributed by atoms with van der Waals surface area (Å²) in [6.07, 6.45) is 2.35. The van der Waals surface area contributed by atoms with Gasteiger partial charge in [-0.05, 0) is 6.92 Å². The number of esters is 1. The highest BCUT2D eigenvalue weighted by Crippen LogP contribution is 2.21. The molecule has 0 spiro atoms. The summed E-state index contributed by atoms with van der Waals surface area (Å²) in [6.45, 7) is 5.89. The van der Waals surface area contributed by atoms with E-state index in [0.29, 0.717) is 13.0 Å². The molecule has 12 heavy (non-hydrogen) atoms. The number of hydrogen-bond donors (Lipinski definition) is 0. The van der Waals surface area contributed by atoms with Gasteiger partial charge >= 0.3 is 5.97 Å². The van der Waals surface area contributed by atoms with Gasteiger partial charge in [0, 0.05) is 11.5 Å². The van der Waals surface area contributed by atoms with Crippen LogP contribution in [0.3, 0.4) is 0 Å². The van der Waals surface area contributed by atoms with Gasteiger partial charge in [0.15, 0.2) is 0 Å². The topological polar surface area (TPSA) is 26.3 Å². The van der Waals surface area contributed by atoms with Gasteiger partial charge in [-0.2, -0.15) is 0 Å². The first kappa shape index (κ1) is 11.9. The van der Waals surface area contributed by atoms with E-state index in [4.69, 9.17) is 4.74 Å². The van der Waals surface area contributed by atoms with Crippen molar-refractivity contribution in [1.82, 2.24) is 0 Å². The standard InChI is InChI=1S/C8H14O2S2/c1-3-6-11-12-7-5-8(9)10-4-2/h3H,1,4-7H2,2H3. The van der Waals surface area contributed by atoms with Crippen LogP contribution in [0.15, 0.2) is 12.7 Å². The number of hydrogen-bond acceptors (Lipinski definition) is 4. The average Bonchev–Trinajstić information content (AvgIpc) is 2.05. The number of rotatable bonds is 7. The van der Waals surface area contributed by atoms with E-state index in [1.54, 1.807) is 21.6 Å². The van der Waals surface area contributed by atoms with E-state index in [9.17, 15) is 4.79 Å². The summed E-state index contributed by atoms with van der Waals surface area (Å²) >= 11 is 0. The zero-order valence-corrected chi connectivity index (χ0v) is 8.88. The molecule has 0 N–H and O–H groups in total. The number of carbonyl (C=O) groups excluding carboxylic acids is 1. The molecule has 0 aromatic rings.